The van der Waals surface area contributed by atoms with Crippen LogP contribution in [0.15, 0.2) is 6.20 Å². The number of nitrogens with one attached hydrogen (secondary N) is 2. The molecule has 0 amide bonds. The Morgan fingerprint density at radius 3 is 2.68 bits per heavy atom. The second kappa shape index (κ2) is 7.01. The number of likely N-dealkylation sites (N-methyl/N-ethyl adjacent to an activating group) is 2. The lowest BCUT2D eigenvalue weighted by atomic mass is 9.77. The average Bonchev–Trinajstić information content (AvgIpc) is 3.16. The lowest BCUT2D eigenvalue weighted by molar-refractivity contribution is 0.225. The van der Waals surface area contributed by atoms with Crippen LogP contribution in [0.5, 0.6) is 0 Å². The molecule has 1 aromatic heterocycles. The van der Waals surface area contributed by atoms with Crippen LogP contribution in [0.1, 0.15) is 44.1 Å². The summed E-state index contributed by atoms with van der Waals surface area (Å²) in [6.45, 7) is 5.43. The highest BCUT2D eigenvalue weighted by molar-refractivity contribution is 5.46. The molecule has 3 rings (SSSR count). The van der Waals surface area contributed by atoms with E-state index in [1.807, 2.05) is 13.2 Å². The van der Waals surface area contributed by atoms with Gasteiger partial charge in [-0.1, -0.05) is 12.8 Å². The molecule has 124 valence electrons. The van der Waals surface area contributed by atoms with Crippen LogP contribution in [0.3, 0.4) is 0 Å². The molecule has 2 fully saturated rings. The fourth-order valence-electron chi connectivity index (χ4n) is 4.20. The zero-order chi connectivity index (χ0) is 15.4. The minimum Gasteiger partial charge on any atom is -0.357 e. The molecule has 0 bridgehead atoms. The Morgan fingerprint density at radius 1 is 1.27 bits per heavy atom. The van der Waals surface area contributed by atoms with Crippen molar-refractivity contribution in [3.05, 3.63) is 11.8 Å². The van der Waals surface area contributed by atoms with Crippen LogP contribution >= 0.6 is 0 Å². The van der Waals surface area contributed by atoms with Gasteiger partial charge in [-0.2, -0.15) is 5.10 Å². The van der Waals surface area contributed by atoms with Crippen molar-refractivity contribution < 1.29 is 0 Å². The van der Waals surface area contributed by atoms with Crippen molar-refractivity contribution in [3.63, 3.8) is 0 Å². The van der Waals surface area contributed by atoms with Gasteiger partial charge in [-0.25, -0.2) is 0 Å². The second-order valence-corrected chi connectivity index (χ2v) is 7.28. The summed E-state index contributed by atoms with van der Waals surface area (Å²) < 4.78 is 0. The van der Waals surface area contributed by atoms with E-state index < -0.39 is 0 Å². The molecule has 5 nitrogen and oxygen atoms in total. The second-order valence-electron chi connectivity index (χ2n) is 7.28. The first-order valence-corrected chi connectivity index (χ1v) is 8.83. The van der Waals surface area contributed by atoms with E-state index in [-0.39, 0.29) is 0 Å². The minimum absolute atomic E-state index is 0.681. The van der Waals surface area contributed by atoms with Crippen molar-refractivity contribution in [3.8, 4) is 0 Å². The van der Waals surface area contributed by atoms with Gasteiger partial charge in [0.25, 0.3) is 0 Å². The summed E-state index contributed by atoms with van der Waals surface area (Å²) in [6, 6.07) is 0. The van der Waals surface area contributed by atoms with Gasteiger partial charge in [-0.3, -0.25) is 5.10 Å². The van der Waals surface area contributed by atoms with Crippen molar-refractivity contribution in [1.82, 2.24) is 20.4 Å². The number of H-pyrrole nitrogens is 1. The Bertz CT molecular complexity index is 453. The van der Waals surface area contributed by atoms with Crippen molar-refractivity contribution >= 4 is 5.82 Å². The molecule has 0 radical (unpaired) electrons. The van der Waals surface area contributed by atoms with Crippen LogP contribution < -0.4 is 10.2 Å². The monoisotopic (exact) mass is 305 g/mol. The molecule has 2 heterocycles. The number of piperidine rings is 1. The average molecular weight is 305 g/mol. The topological polar surface area (TPSA) is 47.2 Å². The maximum atomic E-state index is 4.31. The summed E-state index contributed by atoms with van der Waals surface area (Å²) >= 11 is 0. The third-order valence-electron chi connectivity index (χ3n) is 5.68. The number of anilines is 1. The fourth-order valence-corrected chi connectivity index (χ4v) is 4.20. The van der Waals surface area contributed by atoms with Crippen LogP contribution in [0.4, 0.5) is 5.82 Å². The minimum atomic E-state index is 0.681. The summed E-state index contributed by atoms with van der Waals surface area (Å²) in [4.78, 5) is 4.88. The first-order valence-electron chi connectivity index (χ1n) is 8.83. The van der Waals surface area contributed by atoms with Crippen LogP contribution in [-0.2, 0) is 6.54 Å². The third kappa shape index (κ3) is 3.46. The van der Waals surface area contributed by atoms with Crippen LogP contribution in [0, 0.1) is 5.41 Å². The van der Waals surface area contributed by atoms with Crippen LogP contribution in [-0.4, -0.2) is 55.4 Å². The van der Waals surface area contributed by atoms with Gasteiger partial charge in [0.1, 0.15) is 5.82 Å². The molecule has 5 heteroatoms. The largest absolute Gasteiger partial charge is 0.357 e. The van der Waals surface area contributed by atoms with Gasteiger partial charge in [0.05, 0.1) is 6.20 Å². The molecular weight excluding hydrogens is 274 g/mol. The molecule has 1 spiro atoms. The lowest BCUT2D eigenvalue weighted by Crippen LogP contribution is -2.39. The Balaban J connectivity index is 1.58. The molecule has 1 aliphatic carbocycles. The molecule has 2 aliphatic rings. The predicted octanol–water partition coefficient (Wildman–Crippen LogP) is 2.22. The zero-order valence-corrected chi connectivity index (χ0v) is 14.2. The number of rotatable bonds is 6. The SMILES string of the molecule is CNCCN(C)Cc1cn[nH]c1N1CCC2(CCCC2)CC1. The van der Waals surface area contributed by atoms with Crippen molar-refractivity contribution in [1.29, 1.82) is 0 Å². The van der Waals surface area contributed by atoms with E-state index >= 15 is 0 Å². The van der Waals surface area contributed by atoms with E-state index in [1.54, 1.807) is 0 Å². The number of hydrogen-bond donors (Lipinski definition) is 2. The van der Waals surface area contributed by atoms with Gasteiger partial charge in [0.2, 0.25) is 0 Å². The van der Waals surface area contributed by atoms with Crippen LogP contribution in [0.2, 0.25) is 0 Å². The Labute approximate surface area is 134 Å². The molecular formula is C17H31N5. The molecule has 2 N–H and O–H groups in total. The Hall–Kier alpha value is -1.07. The first kappa shape index (κ1) is 15.8. The highest BCUT2D eigenvalue weighted by Gasteiger charge is 2.37. The molecule has 1 aliphatic heterocycles. The van der Waals surface area contributed by atoms with E-state index in [1.165, 1.54) is 63.0 Å². The number of hydrogen-bond acceptors (Lipinski definition) is 4. The quantitative estimate of drug-likeness (QED) is 0.846. The van der Waals surface area contributed by atoms with Gasteiger partial charge in [-0.15, -0.1) is 0 Å². The number of aromatic nitrogens is 2. The molecule has 0 unspecified atom stereocenters. The molecule has 0 atom stereocenters. The van der Waals surface area contributed by atoms with E-state index in [0.29, 0.717) is 5.41 Å². The number of aromatic amines is 1. The molecule has 1 saturated heterocycles. The van der Waals surface area contributed by atoms with E-state index in [2.05, 4.69) is 32.4 Å². The molecule has 22 heavy (non-hydrogen) atoms. The predicted molar refractivity (Wildman–Crippen MR) is 91.2 cm³/mol. The van der Waals surface area contributed by atoms with Gasteiger partial charge >= 0.3 is 0 Å². The van der Waals surface area contributed by atoms with E-state index in [0.717, 1.165) is 19.6 Å². The smallest absolute Gasteiger partial charge is 0.128 e. The summed E-state index contributed by atoms with van der Waals surface area (Å²) in [6.07, 6.45) is 10.6. The summed E-state index contributed by atoms with van der Waals surface area (Å²) in [5, 5.41) is 10.8. The van der Waals surface area contributed by atoms with E-state index in [4.69, 9.17) is 0 Å². The molecule has 0 aromatic carbocycles. The Morgan fingerprint density at radius 2 is 2.00 bits per heavy atom. The highest BCUT2D eigenvalue weighted by atomic mass is 15.3. The summed E-state index contributed by atoms with van der Waals surface area (Å²) in [5.41, 5.74) is 2.02. The van der Waals surface area contributed by atoms with Crippen molar-refractivity contribution in [2.45, 2.75) is 45.1 Å². The van der Waals surface area contributed by atoms with Gasteiger partial charge in [-0.05, 0) is 45.2 Å². The zero-order valence-electron chi connectivity index (χ0n) is 14.2. The standard InChI is InChI=1S/C17H31N5/c1-18-9-12-21(2)14-15-13-19-20-16(15)22-10-7-17(8-11-22)5-3-4-6-17/h13,18H,3-12,14H2,1-2H3,(H,19,20). The van der Waals surface area contributed by atoms with Crippen molar-refractivity contribution in [2.75, 3.05) is 45.2 Å². The first-order chi connectivity index (χ1) is 10.7. The molecule has 1 saturated carbocycles. The normalized spacial score (nSPS) is 21.1. The van der Waals surface area contributed by atoms with Crippen molar-refractivity contribution in [2.24, 2.45) is 5.41 Å². The lowest BCUT2D eigenvalue weighted by Gasteiger charge is -2.40. The van der Waals surface area contributed by atoms with Gasteiger partial charge < -0.3 is 15.1 Å². The fraction of sp³-hybridized carbons (Fsp3) is 0.824. The highest BCUT2D eigenvalue weighted by Crippen LogP contribution is 2.46. The summed E-state index contributed by atoms with van der Waals surface area (Å²) in [5.74, 6) is 1.25. The Kier molecular flexibility index (Phi) is 5.03. The molecule has 1 aromatic rings. The van der Waals surface area contributed by atoms with Crippen LogP contribution in [0.25, 0.3) is 0 Å². The summed E-state index contributed by atoms with van der Waals surface area (Å²) in [7, 11) is 4.18. The maximum Gasteiger partial charge on any atom is 0.128 e. The number of nitrogens with zero attached hydrogens (tertiary/aromatic N) is 3. The van der Waals surface area contributed by atoms with E-state index in [9.17, 15) is 0 Å². The van der Waals surface area contributed by atoms with Gasteiger partial charge in [0.15, 0.2) is 0 Å². The maximum absolute atomic E-state index is 4.31. The third-order valence-corrected chi connectivity index (χ3v) is 5.68. The van der Waals surface area contributed by atoms with Gasteiger partial charge in [0, 0.05) is 38.3 Å².